The van der Waals surface area contributed by atoms with Crippen LogP contribution in [-0.4, -0.2) is 117 Å². The monoisotopic (exact) mass is 1010 g/mol. The first-order valence-corrected chi connectivity index (χ1v) is 25.2. The lowest BCUT2D eigenvalue weighted by molar-refractivity contribution is -0.0436. The maximum Gasteiger partial charge on any atom is 0.501 e. The third-order valence-electron chi connectivity index (χ3n) is 12.3. The molecule has 5 N–H and O–H groups in total. The van der Waals surface area contributed by atoms with Gasteiger partial charge in [0.25, 0.3) is 25.8 Å². The minimum Gasteiger partial charge on any atom is -0.465 e. The lowest BCUT2D eigenvalue weighted by Gasteiger charge is -2.36. The molecule has 0 saturated carbocycles. The highest BCUT2D eigenvalue weighted by Crippen LogP contribution is 2.40. The molecular formula is C47H47ClF3N7O9S2. The van der Waals surface area contributed by atoms with Crippen LogP contribution in [0, 0.1) is 5.92 Å². The molecule has 0 aliphatic carbocycles. The van der Waals surface area contributed by atoms with Crippen LogP contribution in [0.25, 0.3) is 22.2 Å². The number of pyridine rings is 1. The van der Waals surface area contributed by atoms with Gasteiger partial charge in [-0.25, -0.2) is 31.3 Å². The van der Waals surface area contributed by atoms with E-state index >= 15 is 0 Å². The van der Waals surface area contributed by atoms with Crippen molar-refractivity contribution in [3.63, 3.8) is 0 Å². The first kappa shape index (κ1) is 49.0. The largest absolute Gasteiger partial charge is 0.501 e. The number of sulfone groups is 1. The van der Waals surface area contributed by atoms with Gasteiger partial charge in [-0.05, 0) is 103 Å². The molecule has 2 aliphatic heterocycles. The number of aliphatic hydroxyl groups excluding tert-OH is 1. The number of nitrogens with zero attached hydrogens (tertiary/aromatic N) is 4. The van der Waals surface area contributed by atoms with Crippen LogP contribution < -0.4 is 19.7 Å². The number of aromatic amines is 1. The molecule has 4 aromatic carbocycles. The molecule has 22 heteroatoms. The third kappa shape index (κ3) is 11.1. The van der Waals surface area contributed by atoms with E-state index in [1.807, 2.05) is 50.9 Å². The Labute approximate surface area is 400 Å². The highest BCUT2D eigenvalue weighted by Gasteiger charge is 2.48. The molecule has 1 atom stereocenters. The smallest absolute Gasteiger partial charge is 0.465 e. The number of hydrogen-bond donors (Lipinski definition) is 5. The molecule has 2 saturated heterocycles. The Kier molecular flexibility index (Phi) is 14.4. The minimum atomic E-state index is -6.11. The number of H-pyrrole nitrogens is 1. The summed E-state index contributed by atoms with van der Waals surface area (Å²) in [4.78, 5) is 35.5. The standard InChI is InChI=1S/C47H47ClF3N7O9S2/c48-33-8-6-30(7-9-33)37-4-1-2-5-38(37)43(59)31-15-20-57(21-16-31)34-10-12-39(41(27-34)67-35-26-32-14-18-53-44(32)54-29-35)45(60)55-69(65,66)36-11-13-40(42(28-36)68(63,64)47(49,50)51)52-17-3-19-56-22-24-58(25-23-56)46(61)62/h1-2,4-14,18,26-29,31,43,52,59H,3,15-17,19-25H2,(H,53,54)(H,55,60)(H,61,62)/t43-/m1/s1. The number of benzene rings is 4. The summed E-state index contributed by atoms with van der Waals surface area (Å²) in [6, 6.07) is 25.1. The predicted molar refractivity (Wildman–Crippen MR) is 253 cm³/mol. The van der Waals surface area contributed by atoms with Crippen LogP contribution in [-0.2, 0) is 19.9 Å². The van der Waals surface area contributed by atoms with E-state index in [4.69, 9.17) is 16.3 Å². The second kappa shape index (κ2) is 20.3. The molecule has 8 rings (SSSR count). The van der Waals surface area contributed by atoms with Crippen molar-refractivity contribution < 1.29 is 54.5 Å². The summed E-state index contributed by atoms with van der Waals surface area (Å²) in [5, 5.41) is 24.8. The number of hydrogen-bond acceptors (Lipinski definition) is 12. The number of sulfonamides is 1. The number of carbonyl (C=O) groups excluding carboxylic acids is 1. The van der Waals surface area contributed by atoms with Gasteiger partial charge < -0.3 is 35.1 Å². The molecule has 0 unspecified atom stereocenters. The van der Waals surface area contributed by atoms with Gasteiger partial charge in [-0.15, -0.1) is 0 Å². The summed E-state index contributed by atoms with van der Waals surface area (Å²) in [5.41, 5.74) is -2.81. The first-order chi connectivity index (χ1) is 32.9. The van der Waals surface area contributed by atoms with Gasteiger partial charge in [0.1, 0.15) is 22.0 Å². The zero-order valence-electron chi connectivity index (χ0n) is 36.7. The van der Waals surface area contributed by atoms with Gasteiger partial charge in [0, 0.05) is 74.2 Å². The topological polar surface area (TPSA) is 215 Å². The van der Waals surface area contributed by atoms with Crippen molar-refractivity contribution in [2.75, 3.05) is 62.6 Å². The molecule has 4 heterocycles. The van der Waals surface area contributed by atoms with Gasteiger partial charge in [-0.2, -0.15) is 13.2 Å². The summed E-state index contributed by atoms with van der Waals surface area (Å²) in [6.07, 6.45) is 2.78. The molecule has 364 valence electrons. The van der Waals surface area contributed by atoms with Crippen LogP contribution >= 0.6 is 11.6 Å². The van der Waals surface area contributed by atoms with Crippen LogP contribution in [0.4, 0.5) is 29.3 Å². The Morgan fingerprint density at radius 2 is 1.62 bits per heavy atom. The van der Waals surface area contributed by atoms with Crippen molar-refractivity contribution in [3.05, 3.63) is 126 Å². The van der Waals surface area contributed by atoms with E-state index in [1.54, 1.807) is 42.6 Å². The predicted octanol–water partition coefficient (Wildman–Crippen LogP) is 8.14. The molecule has 6 aromatic rings. The van der Waals surface area contributed by atoms with E-state index in [0.717, 1.165) is 28.8 Å². The number of fused-ring (bicyclic) bond motifs is 1. The average Bonchev–Trinajstić information content (AvgIpc) is 3.81. The molecule has 2 amide bonds. The molecule has 0 bridgehead atoms. The van der Waals surface area contributed by atoms with E-state index in [-0.39, 0.29) is 42.6 Å². The fraction of sp³-hybridized carbons (Fsp3) is 0.298. The van der Waals surface area contributed by atoms with Crippen molar-refractivity contribution in [2.45, 2.75) is 40.7 Å². The SMILES string of the molecule is O=C(NS(=O)(=O)c1ccc(NCCCN2CCN(C(=O)O)CC2)c(S(=O)(=O)C(F)(F)F)c1)c1ccc(N2CCC([C@@H](O)c3ccccc3-c3ccc(Cl)cc3)CC2)cc1Oc1cnc2[nH]ccc2c1. The number of piperidine rings is 1. The van der Waals surface area contributed by atoms with Crippen molar-refractivity contribution in [1.82, 2.24) is 24.5 Å². The number of ether oxygens (including phenoxy) is 1. The van der Waals surface area contributed by atoms with Gasteiger partial charge in [-0.1, -0.05) is 48.0 Å². The highest BCUT2D eigenvalue weighted by molar-refractivity contribution is 7.92. The minimum absolute atomic E-state index is 0.00666. The maximum absolute atomic E-state index is 14.0. The molecular weight excluding hydrogens is 963 g/mol. The Bertz CT molecular complexity index is 3070. The number of nitrogens with one attached hydrogen (secondary N) is 3. The number of piperazine rings is 1. The van der Waals surface area contributed by atoms with Crippen LogP contribution in [0.2, 0.25) is 5.02 Å². The number of carboxylic acid groups (broad SMARTS) is 1. The summed E-state index contributed by atoms with van der Waals surface area (Å²) < 4.78 is 103. The van der Waals surface area contributed by atoms with E-state index in [2.05, 4.69) is 15.3 Å². The molecule has 2 fully saturated rings. The fourth-order valence-electron chi connectivity index (χ4n) is 8.54. The van der Waals surface area contributed by atoms with Crippen molar-refractivity contribution in [2.24, 2.45) is 5.92 Å². The fourth-order valence-corrected chi connectivity index (χ4v) is 10.7. The summed E-state index contributed by atoms with van der Waals surface area (Å²) in [5.74, 6) is -1.21. The quantitative estimate of drug-likeness (QED) is 0.0616. The van der Waals surface area contributed by atoms with Gasteiger partial charge in [0.2, 0.25) is 0 Å². The van der Waals surface area contributed by atoms with Crippen molar-refractivity contribution >= 4 is 65.9 Å². The third-order valence-corrected chi connectivity index (χ3v) is 15.4. The molecule has 2 aromatic heterocycles. The van der Waals surface area contributed by atoms with Crippen LogP contribution in [0.15, 0.2) is 119 Å². The van der Waals surface area contributed by atoms with Crippen molar-refractivity contribution in [3.8, 4) is 22.6 Å². The average molecular weight is 1010 g/mol. The number of alkyl halides is 3. The summed E-state index contributed by atoms with van der Waals surface area (Å²) >= 11 is 6.13. The van der Waals surface area contributed by atoms with E-state index in [1.165, 1.54) is 17.2 Å². The van der Waals surface area contributed by atoms with Gasteiger partial charge in [0.05, 0.1) is 28.4 Å². The number of aliphatic hydroxyl groups is 1. The van der Waals surface area contributed by atoms with Gasteiger partial charge >= 0.3 is 11.6 Å². The van der Waals surface area contributed by atoms with Gasteiger partial charge in [-0.3, -0.25) is 9.69 Å². The maximum atomic E-state index is 14.0. The molecule has 0 radical (unpaired) electrons. The van der Waals surface area contributed by atoms with E-state index in [9.17, 15) is 49.8 Å². The van der Waals surface area contributed by atoms with Gasteiger partial charge in [0.15, 0.2) is 0 Å². The Morgan fingerprint density at radius 1 is 0.899 bits per heavy atom. The Hall–Kier alpha value is -6.39. The molecule has 69 heavy (non-hydrogen) atoms. The number of carbonyl (C=O) groups is 2. The molecule has 16 nitrogen and oxygen atoms in total. The number of halogens is 4. The second-order valence-corrected chi connectivity index (χ2v) is 20.7. The summed E-state index contributed by atoms with van der Waals surface area (Å²) in [7, 11) is -11.1. The van der Waals surface area contributed by atoms with Crippen LogP contribution in [0.5, 0.6) is 11.5 Å². The van der Waals surface area contributed by atoms with E-state index < -0.39 is 59.0 Å². The number of aromatic nitrogens is 2. The Balaban J connectivity index is 1.00. The number of amides is 2. The van der Waals surface area contributed by atoms with Crippen LogP contribution in [0.3, 0.4) is 0 Å². The lowest BCUT2D eigenvalue weighted by atomic mass is 9.84. The van der Waals surface area contributed by atoms with E-state index in [0.29, 0.717) is 79.8 Å². The normalized spacial score (nSPS) is 15.8. The lowest BCUT2D eigenvalue weighted by Crippen LogP contribution is -2.48. The molecule has 0 spiro atoms. The first-order valence-electron chi connectivity index (χ1n) is 21.9. The highest BCUT2D eigenvalue weighted by atomic mass is 35.5. The zero-order chi connectivity index (χ0) is 49.1. The second-order valence-electron chi connectivity index (χ2n) is 16.7. The molecule has 2 aliphatic rings. The van der Waals surface area contributed by atoms with Crippen molar-refractivity contribution in [1.29, 1.82) is 0 Å². The Morgan fingerprint density at radius 3 is 2.33 bits per heavy atom. The number of rotatable bonds is 15. The zero-order valence-corrected chi connectivity index (χ0v) is 39.1. The van der Waals surface area contributed by atoms with Crippen LogP contribution in [0.1, 0.15) is 41.3 Å². The summed E-state index contributed by atoms with van der Waals surface area (Å²) in [6.45, 7) is 2.85. The number of anilines is 2.